The van der Waals surface area contributed by atoms with Gasteiger partial charge in [-0.2, -0.15) is 11.8 Å². The monoisotopic (exact) mass is 255 g/mol. The maximum absolute atomic E-state index is 12.9. The van der Waals surface area contributed by atoms with Crippen LogP contribution in [0.1, 0.15) is 24.8 Å². The van der Waals surface area contributed by atoms with Crippen LogP contribution >= 0.6 is 11.8 Å². The van der Waals surface area contributed by atoms with Crippen molar-refractivity contribution >= 4 is 17.7 Å². The molecule has 3 nitrogen and oxygen atoms in total. The van der Waals surface area contributed by atoms with Crippen LogP contribution in [0.4, 0.5) is 4.39 Å². The maximum atomic E-state index is 12.9. The van der Waals surface area contributed by atoms with Crippen LogP contribution in [0.25, 0.3) is 0 Å². The van der Waals surface area contributed by atoms with Crippen LogP contribution in [0.15, 0.2) is 18.5 Å². The Hall–Kier alpha value is -1.10. The van der Waals surface area contributed by atoms with Crippen LogP contribution in [0.5, 0.6) is 0 Å². The van der Waals surface area contributed by atoms with Gasteiger partial charge in [0.2, 0.25) is 0 Å². The second kappa shape index (κ2) is 5.04. The number of carboxylic acids is 1. The first kappa shape index (κ1) is 12.4. The summed E-state index contributed by atoms with van der Waals surface area (Å²) in [5.74, 6) is 0.465. The molecule has 0 aromatic carbocycles. The number of aromatic nitrogens is 1. The molecule has 5 heteroatoms. The molecule has 0 aliphatic heterocycles. The van der Waals surface area contributed by atoms with E-state index in [9.17, 15) is 9.18 Å². The minimum atomic E-state index is -0.726. The van der Waals surface area contributed by atoms with E-state index >= 15 is 0 Å². The summed E-state index contributed by atoms with van der Waals surface area (Å²) in [6, 6.07) is 1.47. The molecular formula is C12H14FNO2S. The lowest BCUT2D eigenvalue weighted by atomic mass is 10.1. The lowest BCUT2D eigenvalue weighted by molar-refractivity contribution is -0.138. The van der Waals surface area contributed by atoms with Gasteiger partial charge in [-0.3, -0.25) is 9.78 Å². The summed E-state index contributed by atoms with van der Waals surface area (Å²) in [4.78, 5) is 14.4. The number of carboxylic acid groups (broad SMARTS) is 1. The van der Waals surface area contributed by atoms with Gasteiger partial charge in [0.25, 0.3) is 0 Å². The van der Waals surface area contributed by atoms with Crippen molar-refractivity contribution in [3.63, 3.8) is 0 Å². The van der Waals surface area contributed by atoms with E-state index in [0.717, 1.165) is 24.2 Å². The van der Waals surface area contributed by atoms with Crippen LogP contribution in [-0.2, 0) is 10.5 Å². The Morgan fingerprint density at radius 1 is 1.53 bits per heavy atom. The zero-order valence-electron chi connectivity index (χ0n) is 9.36. The van der Waals surface area contributed by atoms with Crippen molar-refractivity contribution in [1.29, 1.82) is 0 Å². The molecule has 0 amide bonds. The molecule has 0 radical (unpaired) electrons. The molecule has 0 bridgehead atoms. The second-order valence-corrected chi connectivity index (χ2v) is 5.56. The smallest absolute Gasteiger partial charge is 0.303 e. The first-order valence-corrected chi connectivity index (χ1v) is 6.64. The van der Waals surface area contributed by atoms with Crippen LogP contribution < -0.4 is 0 Å². The molecule has 1 N–H and O–H groups in total. The van der Waals surface area contributed by atoms with Crippen LogP contribution in [0.2, 0.25) is 0 Å². The average Bonchev–Trinajstić information content (AvgIpc) is 2.97. The number of thioether (sulfide) groups is 1. The summed E-state index contributed by atoms with van der Waals surface area (Å²) in [5, 5.41) is 8.77. The summed E-state index contributed by atoms with van der Waals surface area (Å²) in [5.41, 5.74) is 0.846. The Bertz CT molecular complexity index is 421. The third-order valence-electron chi connectivity index (χ3n) is 2.92. The molecule has 92 valence electrons. The molecule has 17 heavy (non-hydrogen) atoms. The minimum absolute atomic E-state index is 0.00272. The fraction of sp³-hybridized carbons (Fsp3) is 0.500. The van der Waals surface area contributed by atoms with Gasteiger partial charge in [-0.15, -0.1) is 0 Å². The van der Waals surface area contributed by atoms with E-state index in [1.807, 2.05) is 0 Å². The first-order valence-electron chi connectivity index (χ1n) is 5.49. The van der Waals surface area contributed by atoms with Gasteiger partial charge in [0, 0.05) is 11.9 Å². The number of hydrogen-bond donors (Lipinski definition) is 1. The summed E-state index contributed by atoms with van der Waals surface area (Å²) in [6.07, 6.45) is 5.07. The number of halogens is 1. The molecule has 0 saturated heterocycles. The highest BCUT2D eigenvalue weighted by Gasteiger charge is 2.43. The fourth-order valence-electron chi connectivity index (χ4n) is 1.79. The Balaban J connectivity index is 1.78. The number of pyridine rings is 1. The quantitative estimate of drug-likeness (QED) is 0.849. The molecule has 1 heterocycles. The molecule has 1 saturated carbocycles. The molecule has 1 aliphatic rings. The van der Waals surface area contributed by atoms with Crippen LogP contribution in [0, 0.1) is 11.2 Å². The van der Waals surface area contributed by atoms with Gasteiger partial charge in [-0.1, -0.05) is 0 Å². The number of carbonyl (C=O) groups is 1. The van der Waals surface area contributed by atoms with Crippen molar-refractivity contribution in [2.75, 3.05) is 5.75 Å². The van der Waals surface area contributed by atoms with Crippen molar-refractivity contribution in [2.45, 2.75) is 25.0 Å². The number of rotatable bonds is 6. The van der Waals surface area contributed by atoms with Crippen molar-refractivity contribution < 1.29 is 14.3 Å². The standard InChI is InChI=1S/C12H14FNO2S/c13-10-3-9(5-14-6-10)7-17-8-12(1-2-12)4-11(15)16/h3,5-6H,1-2,4,7-8H2,(H,15,16). The maximum Gasteiger partial charge on any atom is 0.303 e. The van der Waals surface area contributed by atoms with Crippen LogP contribution in [-0.4, -0.2) is 21.8 Å². The third kappa shape index (κ3) is 3.70. The van der Waals surface area contributed by atoms with E-state index < -0.39 is 5.97 Å². The Labute approximate surface area is 103 Å². The lowest BCUT2D eigenvalue weighted by Crippen LogP contribution is -2.11. The van der Waals surface area contributed by atoms with E-state index in [0.29, 0.717) is 5.75 Å². The van der Waals surface area contributed by atoms with E-state index in [1.54, 1.807) is 18.0 Å². The first-order chi connectivity index (χ1) is 8.10. The Morgan fingerprint density at radius 3 is 2.88 bits per heavy atom. The SMILES string of the molecule is O=C(O)CC1(CSCc2cncc(F)c2)CC1. The fourth-order valence-corrected chi connectivity index (χ4v) is 3.11. The zero-order chi connectivity index (χ0) is 12.3. The van der Waals surface area contributed by atoms with E-state index in [2.05, 4.69) is 4.98 Å². The molecule has 0 unspecified atom stereocenters. The Morgan fingerprint density at radius 2 is 2.29 bits per heavy atom. The number of hydrogen-bond acceptors (Lipinski definition) is 3. The molecule has 1 aromatic heterocycles. The van der Waals surface area contributed by atoms with E-state index in [4.69, 9.17) is 5.11 Å². The van der Waals surface area contributed by atoms with Gasteiger partial charge >= 0.3 is 5.97 Å². The highest BCUT2D eigenvalue weighted by molar-refractivity contribution is 7.98. The summed E-state index contributed by atoms with van der Waals surface area (Å²) in [6.45, 7) is 0. The summed E-state index contributed by atoms with van der Waals surface area (Å²) >= 11 is 1.66. The topological polar surface area (TPSA) is 50.2 Å². The van der Waals surface area contributed by atoms with Gasteiger partial charge in [-0.05, 0) is 35.6 Å². The molecular weight excluding hydrogens is 241 g/mol. The number of aliphatic carboxylic acids is 1. The highest BCUT2D eigenvalue weighted by atomic mass is 32.2. The molecule has 1 aromatic rings. The lowest BCUT2D eigenvalue weighted by Gasteiger charge is -2.11. The third-order valence-corrected chi connectivity index (χ3v) is 4.28. The average molecular weight is 255 g/mol. The van der Waals surface area contributed by atoms with Crippen molar-refractivity contribution in [1.82, 2.24) is 4.98 Å². The molecule has 1 fully saturated rings. The van der Waals surface area contributed by atoms with Gasteiger partial charge in [0.15, 0.2) is 0 Å². The molecule has 1 aliphatic carbocycles. The normalized spacial score (nSPS) is 16.8. The largest absolute Gasteiger partial charge is 0.481 e. The second-order valence-electron chi connectivity index (χ2n) is 4.57. The van der Waals surface area contributed by atoms with Crippen LogP contribution in [0.3, 0.4) is 0 Å². The predicted octanol–water partition coefficient (Wildman–Crippen LogP) is 2.71. The molecule has 0 spiro atoms. The summed E-state index contributed by atoms with van der Waals surface area (Å²) < 4.78 is 12.9. The number of nitrogens with zero attached hydrogens (tertiary/aromatic N) is 1. The predicted molar refractivity (Wildman–Crippen MR) is 64.3 cm³/mol. The van der Waals surface area contributed by atoms with Gasteiger partial charge in [-0.25, -0.2) is 4.39 Å². The van der Waals surface area contributed by atoms with Gasteiger partial charge < -0.3 is 5.11 Å². The highest BCUT2D eigenvalue weighted by Crippen LogP contribution is 2.51. The van der Waals surface area contributed by atoms with Gasteiger partial charge in [0.05, 0.1) is 12.6 Å². The van der Waals surface area contributed by atoms with Crippen molar-refractivity contribution in [2.24, 2.45) is 5.41 Å². The zero-order valence-corrected chi connectivity index (χ0v) is 10.2. The van der Waals surface area contributed by atoms with Gasteiger partial charge in [0.1, 0.15) is 5.82 Å². The van der Waals surface area contributed by atoms with Crippen molar-refractivity contribution in [3.8, 4) is 0 Å². The minimum Gasteiger partial charge on any atom is -0.481 e. The summed E-state index contributed by atoms with van der Waals surface area (Å²) in [7, 11) is 0. The molecule has 0 atom stereocenters. The molecule has 2 rings (SSSR count). The Kier molecular flexibility index (Phi) is 3.66. The van der Waals surface area contributed by atoms with E-state index in [-0.39, 0.29) is 17.7 Å². The van der Waals surface area contributed by atoms with E-state index in [1.165, 1.54) is 12.3 Å². The van der Waals surface area contributed by atoms with Crippen molar-refractivity contribution in [3.05, 3.63) is 29.8 Å².